The number of fused-ring (bicyclic) bond motifs is 1. The number of anilines is 1. The van der Waals surface area contributed by atoms with Crippen molar-refractivity contribution in [3.63, 3.8) is 0 Å². The lowest BCUT2D eigenvalue weighted by atomic mass is 9.78. The van der Waals surface area contributed by atoms with Crippen LogP contribution >= 0.6 is 11.6 Å². The van der Waals surface area contributed by atoms with Gasteiger partial charge in [0.1, 0.15) is 5.52 Å². The second-order valence-corrected chi connectivity index (χ2v) is 4.65. The summed E-state index contributed by atoms with van der Waals surface area (Å²) in [4.78, 5) is 4.39. The molecule has 0 saturated heterocycles. The van der Waals surface area contributed by atoms with Crippen molar-refractivity contribution in [2.75, 3.05) is 11.2 Å². The van der Waals surface area contributed by atoms with E-state index in [4.69, 9.17) is 16.0 Å². The third-order valence-electron chi connectivity index (χ3n) is 3.23. The Morgan fingerprint density at radius 1 is 1.38 bits per heavy atom. The van der Waals surface area contributed by atoms with E-state index >= 15 is 0 Å². The second kappa shape index (κ2) is 3.67. The van der Waals surface area contributed by atoms with Gasteiger partial charge in [0.2, 0.25) is 0 Å². The van der Waals surface area contributed by atoms with Crippen molar-refractivity contribution in [3.05, 3.63) is 24.3 Å². The number of halogens is 1. The van der Waals surface area contributed by atoms with Crippen LogP contribution in [-0.4, -0.2) is 16.4 Å². The molecular formula is C12H13ClN2O. The quantitative estimate of drug-likeness (QED) is 0.830. The SMILES string of the molecule is ClCC1(Nc2nc3ccccc3o2)CCC1. The normalized spacial score (nSPS) is 18.3. The molecule has 0 bridgehead atoms. The third-order valence-corrected chi connectivity index (χ3v) is 3.74. The fourth-order valence-corrected chi connectivity index (χ4v) is 2.38. The summed E-state index contributed by atoms with van der Waals surface area (Å²) in [7, 11) is 0. The van der Waals surface area contributed by atoms with Crippen LogP contribution in [0, 0.1) is 0 Å². The summed E-state index contributed by atoms with van der Waals surface area (Å²) in [5.74, 6) is 0.603. The minimum Gasteiger partial charge on any atom is -0.424 e. The van der Waals surface area contributed by atoms with Crippen LogP contribution in [0.4, 0.5) is 6.01 Å². The Balaban J connectivity index is 1.89. The van der Waals surface area contributed by atoms with E-state index in [1.165, 1.54) is 6.42 Å². The van der Waals surface area contributed by atoms with Crippen LogP contribution in [0.1, 0.15) is 19.3 Å². The number of para-hydroxylation sites is 2. The zero-order chi connectivity index (χ0) is 11.0. The van der Waals surface area contributed by atoms with Gasteiger partial charge in [0.05, 0.1) is 5.54 Å². The average molecular weight is 237 g/mol. The number of nitrogens with one attached hydrogen (secondary N) is 1. The maximum atomic E-state index is 5.98. The van der Waals surface area contributed by atoms with E-state index in [9.17, 15) is 0 Å². The first-order valence-corrected chi connectivity index (χ1v) is 6.05. The molecule has 2 aromatic rings. The van der Waals surface area contributed by atoms with Crippen molar-refractivity contribution < 1.29 is 4.42 Å². The van der Waals surface area contributed by atoms with Crippen LogP contribution < -0.4 is 5.32 Å². The highest BCUT2D eigenvalue weighted by atomic mass is 35.5. The monoisotopic (exact) mass is 236 g/mol. The topological polar surface area (TPSA) is 38.1 Å². The minimum atomic E-state index is 0.00241. The molecule has 3 rings (SSSR count). The Kier molecular flexibility index (Phi) is 2.28. The zero-order valence-electron chi connectivity index (χ0n) is 8.87. The molecule has 0 spiro atoms. The van der Waals surface area contributed by atoms with Gasteiger partial charge in [-0.05, 0) is 31.4 Å². The van der Waals surface area contributed by atoms with Gasteiger partial charge in [0.15, 0.2) is 5.58 Å². The molecule has 0 radical (unpaired) electrons. The molecule has 1 saturated carbocycles. The summed E-state index contributed by atoms with van der Waals surface area (Å²) in [6.07, 6.45) is 3.41. The van der Waals surface area contributed by atoms with Crippen molar-refractivity contribution in [1.82, 2.24) is 4.98 Å². The van der Waals surface area contributed by atoms with E-state index in [1.54, 1.807) is 0 Å². The van der Waals surface area contributed by atoms with Crippen LogP contribution in [0.2, 0.25) is 0 Å². The van der Waals surface area contributed by atoms with Crippen LogP contribution in [0.15, 0.2) is 28.7 Å². The Labute approximate surface area is 98.8 Å². The van der Waals surface area contributed by atoms with Gasteiger partial charge in [0.25, 0.3) is 6.01 Å². The number of benzene rings is 1. The fraction of sp³-hybridized carbons (Fsp3) is 0.417. The largest absolute Gasteiger partial charge is 0.424 e. The van der Waals surface area contributed by atoms with Gasteiger partial charge in [-0.25, -0.2) is 0 Å². The van der Waals surface area contributed by atoms with Gasteiger partial charge in [-0.1, -0.05) is 12.1 Å². The van der Waals surface area contributed by atoms with Gasteiger partial charge in [0, 0.05) is 5.88 Å². The molecule has 0 unspecified atom stereocenters. The molecule has 1 aromatic carbocycles. The van der Waals surface area contributed by atoms with E-state index in [1.807, 2.05) is 24.3 Å². The molecule has 1 aliphatic rings. The molecule has 3 nitrogen and oxygen atoms in total. The molecule has 1 aromatic heterocycles. The lowest BCUT2D eigenvalue weighted by molar-refractivity contribution is 0.303. The van der Waals surface area contributed by atoms with Gasteiger partial charge < -0.3 is 9.73 Å². The number of aromatic nitrogens is 1. The molecule has 1 N–H and O–H groups in total. The molecule has 1 aliphatic carbocycles. The van der Waals surface area contributed by atoms with Gasteiger partial charge in [-0.15, -0.1) is 11.6 Å². The summed E-state index contributed by atoms with van der Waals surface area (Å²) in [5.41, 5.74) is 1.70. The van der Waals surface area contributed by atoms with Gasteiger partial charge in [-0.2, -0.15) is 4.98 Å². The number of nitrogens with zero attached hydrogens (tertiary/aromatic N) is 1. The first-order chi connectivity index (χ1) is 7.81. The Morgan fingerprint density at radius 3 is 2.81 bits per heavy atom. The standard InChI is InChI=1S/C12H13ClN2O/c13-8-12(6-3-7-12)15-11-14-9-4-1-2-5-10(9)16-11/h1-2,4-5H,3,6-8H2,(H,14,15). The molecule has 0 atom stereocenters. The Bertz CT molecular complexity index is 466. The van der Waals surface area contributed by atoms with Crippen molar-refractivity contribution >= 4 is 28.7 Å². The second-order valence-electron chi connectivity index (χ2n) is 4.38. The number of hydrogen-bond donors (Lipinski definition) is 1. The predicted octanol–water partition coefficient (Wildman–Crippen LogP) is 3.40. The predicted molar refractivity (Wildman–Crippen MR) is 64.9 cm³/mol. The lowest BCUT2D eigenvalue weighted by Gasteiger charge is -2.40. The Morgan fingerprint density at radius 2 is 2.19 bits per heavy atom. The minimum absolute atomic E-state index is 0.00241. The van der Waals surface area contributed by atoms with Crippen molar-refractivity contribution in [2.45, 2.75) is 24.8 Å². The molecule has 84 valence electrons. The highest BCUT2D eigenvalue weighted by Crippen LogP contribution is 2.36. The van der Waals surface area contributed by atoms with Gasteiger partial charge in [-0.3, -0.25) is 0 Å². The smallest absolute Gasteiger partial charge is 0.296 e. The van der Waals surface area contributed by atoms with E-state index in [-0.39, 0.29) is 5.54 Å². The van der Waals surface area contributed by atoms with Crippen molar-refractivity contribution in [2.24, 2.45) is 0 Å². The molecule has 1 fully saturated rings. The van der Waals surface area contributed by atoms with Crippen LogP contribution in [0.3, 0.4) is 0 Å². The van der Waals surface area contributed by atoms with E-state index in [0.29, 0.717) is 11.9 Å². The highest BCUT2D eigenvalue weighted by Gasteiger charge is 2.37. The van der Waals surface area contributed by atoms with E-state index in [0.717, 1.165) is 23.9 Å². The molecular weight excluding hydrogens is 224 g/mol. The molecule has 4 heteroatoms. The van der Waals surface area contributed by atoms with E-state index < -0.39 is 0 Å². The van der Waals surface area contributed by atoms with Gasteiger partial charge >= 0.3 is 0 Å². The highest BCUT2D eigenvalue weighted by molar-refractivity contribution is 6.18. The molecule has 1 heterocycles. The zero-order valence-corrected chi connectivity index (χ0v) is 9.63. The summed E-state index contributed by atoms with van der Waals surface area (Å²) < 4.78 is 5.62. The fourth-order valence-electron chi connectivity index (χ4n) is 2.05. The number of hydrogen-bond acceptors (Lipinski definition) is 3. The first kappa shape index (κ1) is 9.97. The van der Waals surface area contributed by atoms with Crippen LogP contribution in [0.5, 0.6) is 0 Å². The average Bonchev–Trinajstić information content (AvgIpc) is 2.65. The van der Waals surface area contributed by atoms with Crippen LogP contribution in [0.25, 0.3) is 11.1 Å². The number of alkyl halides is 1. The number of rotatable bonds is 3. The molecule has 0 amide bonds. The number of oxazole rings is 1. The van der Waals surface area contributed by atoms with Crippen molar-refractivity contribution in [1.29, 1.82) is 0 Å². The summed E-state index contributed by atoms with van der Waals surface area (Å²) >= 11 is 5.98. The summed E-state index contributed by atoms with van der Waals surface area (Å²) in [6, 6.07) is 8.34. The summed E-state index contributed by atoms with van der Waals surface area (Å²) in [5, 5.41) is 3.32. The Hall–Kier alpha value is -1.22. The molecule has 0 aliphatic heterocycles. The third kappa shape index (κ3) is 1.55. The maximum absolute atomic E-state index is 5.98. The molecule has 16 heavy (non-hydrogen) atoms. The maximum Gasteiger partial charge on any atom is 0.296 e. The van der Waals surface area contributed by atoms with Crippen molar-refractivity contribution in [3.8, 4) is 0 Å². The van der Waals surface area contributed by atoms with Crippen LogP contribution in [-0.2, 0) is 0 Å². The lowest BCUT2D eigenvalue weighted by Crippen LogP contribution is -2.46. The van der Waals surface area contributed by atoms with E-state index in [2.05, 4.69) is 10.3 Å². The first-order valence-electron chi connectivity index (χ1n) is 5.51. The summed E-state index contributed by atoms with van der Waals surface area (Å²) in [6.45, 7) is 0.